The molecular weight excluding hydrogens is 515 g/mol. The number of rotatable bonds is 12. The van der Waals surface area contributed by atoms with Crippen molar-refractivity contribution in [3.8, 4) is 5.75 Å². The zero-order valence-corrected chi connectivity index (χ0v) is 23.0. The second-order valence-corrected chi connectivity index (χ2v) is 12.4. The van der Waals surface area contributed by atoms with Gasteiger partial charge in [0.2, 0.25) is 10.0 Å². The number of nitrogens with zero attached hydrogens (tertiary/aromatic N) is 1. The first-order valence-corrected chi connectivity index (χ1v) is 15.3. The Kier molecular flexibility index (Phi) is 8.33. The molecule has 3 aromatic carbocycles. The number of benzene rings is 3. The molecule has 0 spiro atoms. The normalized spacial score (nSPS) is 16.2. The highest BCUT2D eigenvalue weighted by Crippen LogP contribution is 2.45. The summed E-state index contributed by atoms with van der Waals surface area (Å²) < 4.78 is 47.5. The summed E-state index contributed by atoms with van der Waals surface area (Å²) in [6.07, 6.45) is 2.98. The molecule has 5 rings (SSSR count). The topological polar surface area (TPSA) is 75.7 Å². The van der Waals surface area contributed by atoms with Crippen molar-refractivity contribution < 1.29 is 22.3 Å². The number of ether oxygens (including phenoxy) is 1. The largest absolute Gasteiger partial charge is 0.493 e. The number of nitrogens with one attached hydrogen (secondary N) is 1. The van der Waals surface area contributed by atoms with E-state index in [9.17, 15) is 13.2 Å². The molecule has 39 heavy (non-hydrogen) atoms. The Morgan fingerprint density at radius 3 is 2.21 bits per heavy atom. The third-order valence-corrected chi connectivity index (χ3v) is 8.75. The number of amides is 1. The van der Waals surface area contributed by atoms with Gasteiger partial charge in [-0.15, -0.1) is 0 Å². The maximum atomic E-state index is 15.0. The first-order chi connectivity index (χ1) is 18.8. The van der Waals surface area contributed by atoms with Crippen LogP contribution >= 0.6 is 0 Å². The van der Waals surface area contributed by atoms with E-state index in [-0.39, 0.29) is 23.3 Å². The molecule has 1 heterocycles. The van der Waals surface area contributed by atoms with Crippen molar-refractivity contribution in [2.45, 2.75) is 44.6 Å². The van der Waals surface area contributed by atoms with Gasteiger partial charge in [-0.3, -0.25) is 9.69 Å². The molecule has 8 heteroatoms. The van der Waals surface area contributed by atoms with Gasteiger partial charge in [-0.1, -0.05) is 74.0 Å². The summed E-state index contributed by atoms with van der Waals surface area (Å²) in [5.74, 6) is -0.937. The van der Waals surface area contributed by atoms with Crippen molar-refractivity contribution in [2.24, 2.45) is 5.92 Å². The van der Waals surface area contributed by atoms with Crippen molar-refractivity contribution >= 4 is 15.9 Å². The Hall–Kier alpha value is -3.23. The highest BCUT2D eigenvalue weighted by molar-refractivity contribution is 7.90. The molecule has 0 bridgehead atoms. The van der Waals surface area contributed by atoms with Gasteiger partial charge in [0.15, 0.2) is 0 Å². The van der Waals surface area contributed by atoms with Crippen LogP contribution in [0.25, 0.3) is 0 Å². The molecule has 1 aliphatic carbocycles. The van der Waals surface area contributed by atoms with E-state index in [1.54, 1.807) is 0 Å². The summed E-state index contributed by atoms with van der Waals surface area (Å²) in [6.45, 7) is 4.02. The molecule has 0 unspecified atom stereocenters. The van der Waals surface area contributed by atoms with E-state index in [0.717, 1.165) is 31.5 Å². The van der Waals surface area contributed by atoms with Crippen LogP contribution in [0.2, 0.25) is 0 Å². The van der Waals surface area contributed by atoms with Crippen LogP contribution in [0.4, 0.5) is 4.39 Å². The Morgan fingerprint density at radius 1 is 1.03 bits per heavy atom. The molecule has 1 saturated carbocycles. The maximum absolute atomic E-state index is 15.0. The first-order valence-electron chi connectivity index (χ1n) is 13.7. The molecule has 206 valence electrons. The predicted molar refractivity (Wildman–Crippen MR) is 150 cm³/mol. The molecule has 3 aromatic rings. The summed E-state index contributed by atoms with van der Waals surface area (Å²) in [5, 5.41) is 0. The molecule has 0 radical (unpaired) electrons. The van der Waals surface area contributed by atoms with E-state index < -0.39 is 21.7 Å². The van der Waals surface area contributed by atoms with Gasteiger partial charge in [-0.2, -0.15) is 0 Å². The third-order valence-electron chi connectivity index (χ3n) is 7.43. The number of carbonyl (C=O) groups excluding carboxylic acids is 1. The molecule has 0 atom stereocenters. The lowest BCUT2D eigenvalue weighted by molar-refractivity contribution is 0.0375. The van der Waals surface area contributed by atoms with Gasteiger partial charge in [0, 0.05) is 25.1 Å². The number of likely N-dealkylation sites (tertiary alicyclic amines) is 1. The molecule has 6 nitrogen and oxygen atoms in total. The molecular formula is C31H35FN2O4S. The molecule has 2 aliphatic rings. The lowest BCUT2D eigenvalue weighted by Crippen LogP contribution is -2.51. The summed E-state index contributed by atoms with van der Waals surface area (Å²) in [6, 6.07) is 23.8. The van der Waals surface area contributed by atoms with E-state index in [1.165, 1.54) is 23.3 Å². The zero-order chi connectivity index (χ0) is 27.4. The monoisotopic (exact) mass is 550 g/mol. The van der Waals surface area contributed by atoms with Gasteiger partial charge in [0.25, 0.3) is 5.91 Å². The number of hydrogen-bond acceptors (Lipinski definition) is 5. The number of sulfonamides is 1. The van der Waals surface area contributed by atoms with Gasteiger partial charge in [-0.25, -0.2) is 17.5 Å². The minimum Gasteiger partial charge on any atom is -0.493 e. The number of carbonyl (C=O) groups is 1. The van der Waals surface area contributed by atoms with Crippen LogP contribution < -0.4 is 9.46 Å². The van der Waals surface area contributed by atoms with Crippen LogP contribution in [0.5, 0.6) is 5.75 Å². The molecule has 1 N–H and O–H groups in total. The zero-order valence-electron chi connectivity index (χ0n) is 22.2. The van der Waals surface area contributed by atoms with Crippen LogP contribution in [0.3, 0.4) is 0 Å². The van der Waals surface area contributed by atoms with Crippen molar-refractivity contribution in [3.63, 3.8) is 0 Å². The second-order valence-electron chi connectivity index (χ2n) is 10.6. The van der Waals surface area contributed by atoms with Crippen LogP contribution in [-0.4, -0.2) is 44.7 Å². The summed E-state index contributed by atoms with van der Waals surface area (Å²) in [4.78, 5) is 15.1. The summed E-state index contributed by atoms with van der Waals surface area (Å²) in [5.41, 5.74) is 3.00. The van der Waals surface area contributed by atoms with Crippen LogP contribution in [0.15, 0.2) is 72.8 Å². The van der Waals surface area contributed by atoms with E-state index in [1.807, 2.05) is 23.8 Å². The number of halogens is 1. The highest BCUT2D eigenvalue weighted by Gasteiger charge is 2.35. The lowest BCUT2D eigenvalue weighted by Gasteiger charge is -2.44. The van der Waals surface area contributed by atoms with Crippen molar-refractivity contribution in [1.82, 2.24) is 9.62 Å². The molecule has 2 fully saturated rings. The lowest BCUT2D eigenvalue weighted by atomic mass is 9.90. The third kappa shape index (κ3) is 6.68. The second kappa shape index (κ2) is 11.9. The Bertz CT molecular complexity index is 1350. The number of unbranched alkanes of at least 4 members (excludes halogenated alkanes) is 1. The van der Waals surface area contributed by atoms with E-state index in [0.29, 0.717) is 31.1 Å². The van der Waals surface area contributed by atoms with Gasteiger partial charge in [0.05, 0.1) is 24.0 Å². The SMILES string of the molecule is CCCCS(=O)(=O)NC(=O)c1cc(C2CC2)c(OCC2CN(C(c3ccccc3)c3ccccc3)C2)cc1F. The Balaban J connectivity index is 1.25. The molecule has 1 saturated heterocycles. The summed E-state index contributed by atoms with van der Waals surface area (Å²) >= 11 is 0. The number of hydrogen-bond donors (Lipinski definition) is 1. The smallest absolute Gasteiger partial charge is 0.267 e. The Morgan fingerprint density at radius 2 is 1.64 bits per heavy atom. The van der Waals surface area contributed by atoms with Crippen molar-refractivity contribution in [1.29, 1.82) is 0 Å². The molecule has 0 aromatic heterocycles. The quantitative estimate of drug-likeness (QED) is 0.315. The minimum absolute atomic E-state index is 0.162. The van der Waals surface area contributed by atoms with Crippen molar-refractivity contribution in [3.05, 3.63) is 101 Å². The van der Waals surface area contributed by atoms with Crippen LogP contribution in [0, 0.1) is 11.7 Å². The van der Waals surface area contributed by atoms with Gasteiger partial charge < -0.3 is 4.74 Å². The van der Waals surface area contributed by atoms with E-state index >= 15 is 4.39 Å². The average molecular weight is 551 g/mol. The molecule has 1 amide bonds. The molecule has 1 aliphatic heterocycles. The average Bonchev–Trinajstić information content (AvgIpc) is 3.75. The minimum atomic E-state index is -3.81. The van der Waals surface area contributed by atoms with E-state index in [4.69, 9.17) is 4.74 Å². The summed E-state index contributed by atoms with van der Waals surface area (Å²) in [7, 11) is -3.81. The first kappa shape index (κ1) is 27.3. The van der Waals surface area contributed by atoms with Gasteiger partial charge >= 0.3 is 0 Å². The van der Waals surface area contributed by atoms with Crippen molar-refractivity contribution in [2.75, 3.05) is 25.4 Å². The standard InChI is InChI=1S/C31H35FN2O4S/c1-2-3-16-39(36,37)33-31(35)27-17-26(23-14-15-23)29(18-28(27)32)38-21-22-19-34(20-22)30(24-10-6-4-7-11-24)25-12-8-5-9-13-25/h4-13,17-18,22-23,30H,2-3,14-16,19-21H2,1H3,(H,33,35). The maximum Gasteiger partial charge on any atom is 0.267 e. The van der Waals surface area contributed by atoms with Gasteiger partial charge in [-0.05, 0) is 47.9 Å². The Labute approximate surface area is 230 Å². The predicted octanol–water partition coefficient (Wildman–Crippen LogP) is 5.66. The fourth-order valence-electron chi connectivity index (χ4n) is 5.18. The fourth-order valence-corrected chi connectivity index (χ4v) is 6.35. The van der Waals surface area contributed by atoms with Crippen LogP contribution in [-0.2, 0) is 10.0 Å². The van der Waals surface area contributed by atoms with Gasteiger partial charge in [0.1, 0.15) is 11.6 Å². The van der Waals surface area contributed by atoms with E-state index in [2.05, 4.69) is 53.4 Å². The fraction of sp³-hybridized carbons (Fsp3) is 0.387. The van der Waals surface area contributed by atoms with Crippen LogP contribution in [0.1, 0.15) is 71.6 Å². The highest BCUT2D eigenvalue weighted by atomic mass is 32.2.